The van der Waals surface area contributed by atoms with Gasteiger partial charge in [0.05, 0.1) is 6.61 Å². The molecule has 0 bridgehead atoms. The molecule has 0 fully saturated rings. The van der Waals surface area contributed by atoms with Gasteiger partial charge in [-0.05, 0) is 17.7 Å². The average Bonchev–Trinajstić information content (AvgIpc) is 2.30. The second kappa shape index (κ2) is 5.61. The van der Waals surface area contributed by atoms with E-state index in [9.17, 15) is 0 Å². The van der Waals surface area contributed by atoms with Gasteiger partial charge in [0.2, 0.25) is 0 Å². The standard InChI is InChI=1S/C12H12ClN3O/c1-17-7-9-3-2-4-10(5-9)16-12-6-11(13)14-8-15-12/h2-6,8H,7H2,1H3,(H,14,15,16). The van der Waals surface area contributed by atoms with E-state index >= 15 is 0 Å². The van der Waals surface area contributed by atoms with Crippen LogP contribution in [0.1, 0.15) is 5.56 Å². The molecule has 0 atom stereocenters. The van der Waals surface area contributed by atoms with Gasteiger partial charge in [-0.15, -0.1) is 0 Å². The van der Waals surface area contributed by atoms with Crippen LogP contribution in [0.3, 0.4) is 0 Å². The highest BCUT2D eigenvalue weighted by molar-refractivity contribution is 6.29. The monoisotopic (exact) mass is 249 g/mol. The van der Waals surface area contributed by atoms with Gasteiger partial charge in [0.15, 0.2) is 0 Å². The lowest BCUT2D eigenvalue weighted by atomic mass is 10.2. The molecule has 0 spiro atoms. The molecule has 0 saturated heterocycles. The Bertz CT molecular complexity index is 505. The molecule has 1 heterocycles. The number of rotatable bonds is 4. The number of ether oxygens (including phenoxy) is 1. The Morgan fingerprint density at radius 3 is 2.94 bits per heavy atom. The third-order valence-electron chi connectivity index (χ3n) is 2.14. The van der Waals surface area contributed by atoms with Crippen molar-refractivity contribution in [2.24, 2.45) is 0 Å². The minimum absolute atomic E-state index is 0.413. The molecule has 0 aliphatic carbocycles. The molecule has 1 aromatic carbocycles. The first-order valence-corrected chi connectivity index (χ1v) is 5.48. The molecule has 1 N–H and O–H groups in total. The molecular weight excluding hydrogens is 238 g/mol. The predicted octanol–water partition coefficient (Wildman–Crippen LogP) is 3.02. The van der Waals surface area contributed by atoms with Crippen LogP contribution >= 0.6 is 11.6 Å². The zero-order valence-corrected chi connectivity index (χ0v) is 10.1. The topological polar surface area (TPSA) is 47.0 Å². The normalized spacial score (nSPS) is 10.2. The summed E-state index contributed by atoms with van der Waals surface area (Å²) in [6.45, 7) is 0.583. The van der Waals surface area contributed by atoms with Crippen molar-refractivity contribution in [2.75, 3.05) is 12.4 Å². The van der Waals surface area contributed by atoms with Crippen molar-refractivity contribution in [2.45, 2.75) is 6.61 Å². The zero-order valence-electron chi connectivity index (χ0n) is 9.35. The van der Waals surface area contributed by atoms with Crippen LogP contribution in [0.2, 0.25) is 5.15 Å². The van der Waals surface area contributed by atoms with E-state index in [1.54, 1.807) is 13.2 Å². The van der Waals surface area contributed by atoms with Gasteiger partial charge < -0.3 is 10.1 Å². The van der Waals surface area contributed by atoms with Crippen molar-refractivity contribution in [3.63, 3.8) is 0 Å². The Labute approximate surface area is 105 Å². The minimum atomic E-state index is 0.413. The summed E-state index contributed by atoms with van der Waals surface area (Å²) in [6, 6.07) is 9.58. The lowest BCUT2D eigenvalue weighted by molar-refractivity contribution is 0.185. The number of benzene rings is 1. The first kappa shape index (κ1) is 11.8. The molecule has 0 radical (unpaired) electrons. The summed E-state index contributed by atoms with van der Waals surface area (Å²) in [5, 5.41) is 3.56. The third-order valence-corrected chi connectivity index (χ3v) is 2.35. The highest BCUT2D eigenvalue weighted by Crippen LogP contribution is 2.17. The second-order valence-corrected chi connectivity index (χ2v) is 3.87. The van der Waals surface area contributed by atoms with Crippen LogP contribution in [-0.2, 0) is 11.3 Å². The fraction of sp³-hybridized carbons (Fsp3) is 0.167. The Kier molecular flexibility index (Phi) is 3.90. The maximum atomic E-state index is 5.78. The number of hydrogen-bond donors (Lipinski definition) is 1. The summed E-state index contributed by atoms with van der Waals surface area (Å²) in [5.41, 5.74) is 2.03. The van der Waals surface area contributed by atoms with Crippen molar-refractivity contribution >= 4 is 23.1 Å². The summed E-state index contributed by atoms with van der Waals surface area (Å²) in [5.74, 6) is 0.666. The van der Waals surface area contributed by atoms with Crippen LogP contribution in [0, 0.1) is 0 Å². The van der Waals surface area contributed by atoms with Crippen LogP contribution in [-0.4, -0.2) is 17.1 Å². The van der Waals surface area contributed by atoms with E-state index in [0.29, 0.717) is 17.6 Å². The number of nitrogens with zero attached hydrogens (tertiary/aromatic N) is 2. The van der Waals surface area contributed by atoms with Gasteiger partial charge in [0, 0.05) is 18.9 Å². The summed E-state index contributed by atoms with van der Waals surface area (Å²) < 4.78 is 5.08. The first-order chi connectivity index (χ1) is 8.28. The Morgan fingerprint density at radius 1 is 1.29 bits per heavy atom. The maximum absolute atomic E-state index is 5.78. The molecule has 17 heavy (non-hydrogen) atoms. The van der Waals surface area contributed by atoms with Gasteiger partial charge in [-0.25, -0.2) is 9.97 Å². The SMILES string of the molecule is COCc1cccc(Nc2cc(Cl)ncn2)c1. The molecule has 1 aromatic heterocycles. The van der Waals surface area contributed by atoms with Crippen molar-refractivity contribution in [3.8, 4) is 0 Å². The maximum Gasteiger partial charge on any atom is 0.135 e. The van der Waals surface area contributed by atoms with Crippen LogP contribution in [0.25, 0.3) is 0 Å². The Balaban J connectivity index is 2.15. The number of nitrogens with one attached hydrogen (secondary N) is 1. The predicted molar refractivity (Wildman–Crippen MR) is 67.5 cm³/mol. The van der Waals surface area contributed by atoms with Crippen LogP contribution in [0.15, 0.2) is 36.7 Å². The van der Waals surface area contributed by atoms with Gasteiger partial charge in [0.1, 0.15) is 17.3 Å². The smallest absolute Gasteiger partial charge is 0.135 e. The Morgan fingerprint density at radius 2 is 2.18 bits per heavy atom. The van der Waals surface area contributed by atoms with Gasteiger partial charge >= 0.3 is 0 Å². The molecule has 88 valence electrons. The van der Waals surface area contributed by atoms with E-state index in [1.165, 1.54) is 6.33 Å². The van der Waals surface area contributed by atoms with E-state index < -0.39 is 0 Å². The van der Waals surface area contributed by atoms with Crippen molar-refractivity contribution in [1.82, 2.24) is 9.97 Å². The number of methoxy groups -OCH3 is 1. The van der Waals surface area contributed by atoms with Crippen molar-refractivity contribution < 1.29 is 4.74 Å². The molecular formula is C12H12ClN3O. The summed E-state index contributed by atoms with van der Waals surface area (Å²) in [7, 11) is 1.67. The van der Waals surface area contributed by atoms with Gasteiger partial charge in [-0.3, -0.25) is 0 Å². The molecule has 2 aromatic rings. The third kappa shape index (κ3) is 3.41. The van der Waals surface area contributed by atoms with Crippen LogP contribution in [0.4, 0.5) is 11.5 Å². The van der Waals surface area contributed by atoms with E-state index in [2.05, 4.69) is 15.3 Å². The fourth-order valence-electron chi connectivity index (χ4n) is 1.46. The molecule has 0 saturated carbocycles. The largest absolute Gasteiger partial charge is 0.380 e. The molecule has 0 aliphatic heterocycles. The lowest BCUT2D eigenvalue weighted by Gasteiger charge is -2.07. The Hall–Kier alpha value is -1.65. The highest BCUT2D eigenvalue weighted by Gasteiger charge is 1.99. The van der Waals surface area contributed by atoms with Crippen molar-refractivity contribution in [1.29, 1.82) is 0 Å². The molecule has 5 heteroatoms. The van der Waals surface area contributed by atoms with Gasteiger partial charge in [-0.2, -0.15) is 0 Å². The van der Waals surface area contributed by atoms with E-state index in [4.69, 9.17) is 16.3 Å². The quantitative estimate of drug-likeness (QED) is 0.847. The van der Waals surface area contributed by atoms with Crippen LogP contribution < -0.4 is 5.32 Å². The summed E-state index contributed by atoms with van der Waals surface area (Å²) >= 11 is 5.78. The average molecular weight is 250 g/mol. The first-order valence-electron chi connectivity index (χ1n) is 5.10. The van der Waals surface area contributed by atoms with Gasteiger partial charge in [0.25, 0.3) is 0 Å². The van der Waals surface area contributed by atoms with Crippen LogP contribution in [0.5, 0.6) is 0 Å². The van der Waals surface area contributed by atoms with Crippen molar-refractivity contribution in [3.05, 3.63) is 47.4 Å². The molecule has 0 amide bonds. The number of hydrogen-bond acceptors (Lipinski definition) is 4. The molecule has 0 unspecified atom stereocenters. The minimum Gasteiger partial charge on any atom is -0.380 e. The summed E-state index contributed by atoms with van der Waals surface area (Å²) in [6.07, 6.45) is 1.42. The van der Waals surface area contributed by atoms with E-state index in [1.807, 2.05) is 24.3 Å². The molecule has 0 aliphatic rings. The molecule has 4 nitrogen and oxygen atoms in total. The number of halogens is 1. The number of aromatic nitrogens is 2. The van der Waals surface area contributed by atoms with Gasteiger partial charge in [-0.1, -0.05) is 23.7 Å². The number of anilines is 2. The van der Waals surface area contributed by atoms with E-state index in [0.717, 1.165) is 11.3 Å². The second-order valence-electron chi connectivity index (χ2n) is 3.48. The summed E-state index contributed by atoms with van der Waals surface area (Å²) in [4.78, 5) is 7.90. The van der Waals surface area contributed by atoms with E-state index in [-0.39, 0.29) is 0 Å². The molecule has 2 rings (SSSR count). The highest BCUT2D eigenvalue weighted by atomic mass is 35.5. The lowest BCUT2D eigenvalue weighted by Crippen LogP contribution is -1.95. The zero-order chi connectivity index (χ0) is 12.1. The fourth-order valence-corrected chi connectivity index (χ4v) is 1.60.